The number of aryl methyl sites for hydroxylation is 1. The number of anilines is 1. The zero-order valence-corrected chi connectivity index (χ0v) is 13.6. The maximum Gasteiger partial charge on any atom is 0.266 e. The number of benzene rings is 2. The highest BCUT2D eigenvalue weighted by Gasteiger charge is 2.17. The Morgan fingerprint density at radius 1 is 1.25 bits per heavy atom. The number of halogens is 1. The van der Waals surface area contributed by atoms with Gasteiger partial charge in [0.05, 0.1) is 5.02 Å². The lowest BCUT2D eigenvalue weighted by atomic mass is 10.1. The molecule has 1 N–H and O–H groups in total. The fourth-order valence-electron chi connectivity index (χ4n) is 2.18. The van der Waals surface area contributed by atoms with E-state index in [9.17, 15) is 10.1 Å². The molecule has 5 nitrogen and oxygen atoms in total. The van der Waals surface area contributed by atoms with Gasteiger partial charge in [0.15, 0.2) is 11.5 Å². The average molecular weight is 341 g/mol. The normalized spacial score (nSPS) is 12.6. The van der Waals surface area contributed by atoms with E-state index in [1.165, 1.54) is 6.08 Å². The van der Waals surface area contributed by atoms with Gasteiger partial charge in [-0.05, 0) is 36.8 Å². The van der Waals surface area contributed by atoms with Crippen LogP contribution in [0.3, 0.4) is 0 Å². The maximum absolute atomic E-state index is 12.3. The van der Waals surface area contributed by atoms with Crippen LogP contribution in [0.1, 0.15) is 11.1 Å². The summed E-state index contributed by atoms with van der Waals surface area (Å²) in [5.41, 5.74) is 2.15. The van der Waals surface area contributed by atoms with Crippen molar-refractivity contribution in [3.63, 3.8) is 0 Å². The van der Waals surface area contributed by atoms with Gasteiger partial charge in [-0.3, -0.25) is 4.79 Å². The van der Waals surface area contributed by atoms with Gasteiger partial charge in [0.25, 0.3) is 5.91 Å². The van der Waals surface area contributed by atoms with E-state index in [1.54, 1.807) is 24.3 Å². The molecule has 24 heavy (non-hydrogen) atoms. The monoisotopic (exact) mass is 340 g/mol. The van der Waals surface area contributed by atoms with Crippen molar-refractivity contribution >= 4 is 29.3 Å². The van der Waals surface area contributed by atoms with E-state index < -0.39 is 5.91 Å². The first kappa shape index (κ1) is 15.9. The Kier molecular flexibility index (Phi) is 4.41. The average Bonchev–Trinajstić information content (AvgIpc) is 3.01. The zero-order valence-electron chi connectivity index (χ0n) is 12.8. The zero-order chi connectivity index (χ0) is 17.1. The first-order valence-corrected chi connectivity index (χ1v) is 7.53. The van der Waals surface area contributed by atoms with Crippen molar-refractivity contribution < 1.29 is 14.3 Å². The van der Waals surface area contributed by atoms with Gasteiger partial charge < -0.3 is 14.8 Å². The minimum absolute atomic E-state index is 0.0589. The third-order valence-corrected chi connectivity index (χ3v) is 3.79. The summed E-state index contributed by atoms with van der Waals surface area (Å²) in [4.78, 5) is 12.3. The molecule has 3 rings (SSSR count). The topological polar surface area (TPSA) is 71.4 Å². The van der Waals surface area contributed by atoms with Crippen LogP contribution in [-0.4, -0.2) is 12.7 Å². The molecule has 0 spiro atoms. The van der Waals surface area contributed by atoms with E-state index in [1.807, 2.05) is 25.1 Å². The number of carbonyl (C=O) groups excluding carboxylic acids is 1. The molecule has 1 heterocycles. The van der Waals surface area contributed by atoms with Gasteiger partial charge in [-0.2, -0.15) is 5.26 Å². The molecule has 0 unspecified atom stereocenters. The predicted molar refractivity (Wildman–Crippen MR) is 91.0 cm³/mol. The first-order valence-electron chi connectivity index (χ1n) is 7.16. The molecule has 6 heteroatoms. The van der Waals surface area contributed by atoms with E-state index in [2.05, 4.69) is 5.32 Å². The molecule has 2 aromatic rings. The molecular weight excluding hydrogens is 328 g/mol. The van der Waals surface area contributed by atoms with E-state index in [-0.39, 0.29) is 12.4 Å². The van der Waals surface area contributed by atoms with Crippen molar-refractivity contribution in [3.8, 4) is 17.6 Å². The Bertz CT molecular complexity index is 867. The Morgan fingerprint density at radius 3 is 2.58 bits per heavy atom. The molecule has 0 radical (unpaired) electrons. The van der Waals surface area contributed by atoms with Crippen molar-refractivity contribution in [2.45, 2.75) is 6.92 Å². The molecule has 120 valence electrons. The Hall–Kier alpha value is -2.97. The highest BCUT2D eigenvalue weighted by Crippen LogP contribution is 2.37. The number of nitrogens with zero attached hydrogens (tertiary/aromatic N) is 1. The van der Waals surface area contributed by atoms with Crippen molar-refractivity contribution in [2.75, 3.05) is 12.1 Å². The Balaban J connectivity index is 1.85. The number of fused-ring (bicyclic) bond motifs is 1. The first-order chi connectivity index (χ1) is 11.6. The minimum Gasteiger partial charge on any atom is -0.454 e. The van der Waals surface area contributed by atoms with Crippen LogP contribution in [0.25, 0.3) is 6.08 Å². The fourth-order valence-corrected chi connectivity index (χ4v) is 2.39. The van der Waals surface area contributed by atoms with Gasteiger partial charge in [-0.1, -0.05) is 29.3 Å². The summed E-state index contributed by atoms with van der Waals surface area (Å²) in [6, 6.07) is 12.4. The second-order valence-electron chi connectivity index (χ2n) is 5.22. The number of carbonyl (C=O) groups is 1. The van der Waals surface area contributed by atoms with E-state index in [4.69, 9.17) is 21.1 Å². The Morgan fingerprint density at radius 2 is 1.92 bits per heavy atom. The summed E-state index contributed by atoms with van der Waals surface area (Å²) in [5.74, 6) is 0.566. The molecule has 0 saturated heterocycles. The van der Waals surface area contributed by atoms with E-state index in [0.717, 1.165) is 5.56 Å². The van der Waals surface area contributed by atoms with Crippen LogP contribution in [0.15, 0.2) is 42.0 Å². The fraction of sp³-hybridized carbons (Fsp3) is 0.111. The second-order valence-corrected chi connectivity index (χ2v) is 5.62. The number of nitrogens with one attached hydrogen (secondary N) is 1. The highest BCUT2D eigenvalue weighted by atomic mass is 35.5. The van der Waals surface area contributed by atoms with Gasteiger partial charge in [-0.15, -0.1) is 0 Å². The number of hydrogen-bond acceptors (Lipinski definition) is 4. The lowest BCUT2D eigenvalue weighted by Gasteiger charge is -2.06. The molecule has 2 aromatic carbocycles. The number of rotatable bonds is 3. The summed E-state index contributed by atoms with van der Waals surface area (Å²) in [7, 11) is 0. The van der Waals surface area contributed by atoms with Gasteiger partial charge in [0.2, 0.25) is 6.79 Å². The molecule has 1 amide bonds. The molecule has 0 bridgehead atoms. The second kappa shape index (κ2) is 6.65. The van der Waals surface area contributed by atoms with E-state index >= 15 is 0 Å². The van der Waals surface area contributed by atoms with Gasteiger partial charge in [0, 0.05) is 11.8 Å². The molecular formula is C18H13ClN2O3. The lowest BCUT2D eigenvalue weighted by Crippen LogP contribution is -2.13. The smallest absolute Gasteiger partial charge is 0.266 e. The van der Waals surface area contributed by atoms with Crippen LogP contribution < -0.4 is 14.8 Å². The summed E-state index contributed by atoms with van der Waals surface area (Å²) >= 11 is 6.17. The summed E-state index contributed by atoms with van der Waals surface area (Å²) < 4.78 is 10.5. The molecule has 0 atom stereocenters. The van der Waals surface area contributed by atoms with Gasteiger partial charge in [-0.25, -0.2) is 0 Å². The predicted octanol–water partition coefficient (Wildman–Crippen LogP) is 3.92. The number of amides is 1. The molecule has 1 aliphatic heterocycles. The largest absolute Gasteiger partial charge is 0.454 e. The van der Waals surface area contributed by atoms with Crippen LogP contribution in [-0.2, 0) is 4.79 Å². The van der Waals surface area contributed by atoms with Crippen molar-refractivity contribution in [1.29, 1.82) is 5.26 Å². The molecule has 1 aliphatic rings. The number of nitriles is 1. The van der Waals surface area contributed by atoms with Gasteiger partial charge in [0.1, 0.15) is 11.6 Å². The minimum atomic E-state index is -0.505. The van der Waals surface area contributed by atoms with Crippen molar-refractivity contribution in [1.82, 2.24) is 0 Å². The SMILES string of the molecule is Cc1ccc(NC(=O)C(C#N)=Cc2cc3c(cc2Cl)OCO3)cc1. The summed E-state index contributed by atoms with van der Waals surface area (Å²) in [6.07, 6.45) is 1.42. The van der Waals surface area contributed by atoms with Crippen LogP contribution in [0.5, 0.6) is 11.5 Å². The molecule has 0 aromatic heterocycles. The van der Waals surface area contributed by atoms with Crippen LogP contribution >= 0.6 is 11.6 Å². The quantitative estimate of drug-likeness (QED) is 0.679. The lowest BCUT2D eigenvalue weighted by molar-refractivity contribution is -0.112. The Labute approximate surface area is 144 Å². The highest BCUT2D eigenvalue weighted by molar-refractivity contribution is 6.32. The number of hydrogen-bond donors (Lipinski definition) is 1. The molecule has 0 saturated carbocycles. The molecule has 0 fully saturated rings. The maximum atomic E-state index is 12.3. The standard InChI is InChI=1S/C18H13ClN2O3/c1-11-2-4-14(5-3-11)21-18(22)13(9-20)6-12-7-16-17(8-15(12)19)24-10-23-16/h2-8H,10H2,1H3,(H,21,22). The molecule has 0 aliphatic carbocycles. The van der Waals surface area contributed by atoms with Crippen LogP contribution in [0.4, 0.5) is 5.69 Å². The van der Waals surface area contributed by atoms with Crippen LogP contribution in [0.2, 0.25) is 5.02 Å². The van der Waals surface area contributed by atoms with E-state index in [0.29, 0.717) is 27.8 Å². The summed E-state index contributed by atoms with van der Waals surface area (Å²) in [6.45, 7) is 2.08. The van der Waals surface area contributed by atoms with Crippen molar-refractivity contribution in [2.24, 2.45) is 0 Å². The number of ether oxygens (including phenoxy) is 2. The van der Waals surface area contributed by atoms with Gasteiger partial charge >= 0.3 is 0 Å². The third-order valence-electron chi connectivity index (χ3n) is 3.47. The third kappa shape index (κ3) is 3.34. The van der Waals surface area contributed by atoms with Crippen LogP contribution in [0, 0.1) is 18.3 Å². The van der Waals surface area contributed by atoms with Crippen molar-refractivity contribution in [3.05, 3.63) is 58.1 Å². The summed E-state index contributed by atoms with van der Waals surface area (Å²) in [5, 5.41) is 12.3.